The molecular formula is C23H30FN3O4. The topological polar surface area (TPSA) is 79.1 Å². The minimum atomic E-state index is -0.412. The third kappa shape index (κ3) is 5.44. The summed E-state index contributed by atoms with van der Waals surface area (Å²) in [5, 5.41) is 0. The van der Waals surface area contributed by atoms with Crippen LogP contribution >= 0.6 is 0 Å². The average molecular weight is 432 g/mol. The number of morpholine rings is 1. The van der Waals surface area contributed by atoms with E-state index in [0.29, 0.717) is 32.3 Å². The van der Waals surface area contributed by atoms with Gasteiger partial charge >= 0.3 is 0 Å². The fourth-order valence-electron chi connectivity index (χ4n) is 3.89. The molecule has 2 aliphatic rings. The molecular weight excluding hydrogens is 401 g/mol. The fourth-order valence-corrected chi connectivity index (χ4v) is 3.89. The highest BCUT2D eigenvalue weighted by atomic mass is 19.1. The number of rotatable bonds is 7. The molecule has 1 atom stereocenters. The molecule has 7 nitrogen and oxygen atoms in total. The lowest BCUT2D eigenvalue weighted by molar-refractivity contribution is -0.165. The van der Waals surface area contributed by atoms with Crippen molar-refractivity contribution in [2.24, 2.45) is 0 Å². The molecule has 31 heavy (non-hydrogen) atoms. The Bertz CT molecular complexity index is 883. The summed E-state index contributed by atoms with van der Waals surface area (Å²) in [5.74, 6) is 0.135. The van der Waals surface area contributed by atoms with E-state index in [1.54, 1.807) is 12.3 Å². The van der Waals surface area contributed by atoms with Crippen LogP contribution in [-0.4, -0.2) is 57.4 Å². The molecule has 0 amide bonds. The van der Waals surface area contributed by atoms with E-state index in [4.69, 9.17) is 24.7 Å². The van der Waals surface area contributed by atoms with Crippen LogP contribution in [0, 0.1) is 12.7 Å². The van der Waals surface area contributed by atoms with E-state index in [1.807, 2.05) is 13.0 Å². The van der Waals surface area contributed by atoms with Crippen molar-refractivity contribution < 1.29 is 23.3 Å². The highest BCUT2D eigenvalue weighted by Gasteiger charge is 2.20. The first-order chi connectivity index (χ1) is 15.1. The van der Waals surface area contributed by atoms with E-state index >= 15 is 0 Å². The minimum Gasteiger partial charge on any atom is -0.474 e. The van der Waals surface area contributed by atoms with Crippen LogP contribution in [0.5, 0.6) is 5.88 Å². The SMILES string of the molecule is Cc1cc(F)c(N)cc1-c1cnc(OCCOC2CCCCO2)c(N2CCOCC2)c1. The van der Waals surface area contributed by atoms with Gasteiger partial charge in [-0.25, -0.2) is 9.37 Å². The molecule has 0 aliphatic carbocycles. The van der Waals surface area contributed by atoms with E-state index in [-0.39, 0.29) is 12.0 Å². The number of nitrogens with two attached hydrogens (primary N) is 1. The van der Waals surface area contributed by atoms with Crippen molar-refractivity contribution in [3.05, 3.63) is 35.8 Å². The largest absolute Gasteiger partial charge is 0.474 e. The molecule has 1 aromatic heterocycles. The summed E-state index contributed by atoms with van der Waals surface area (Å²) < 4.78 is 36.7. The average Bonchev–Trinajstić information content (AvgIpc) is 2.80. The lowest BCUT2D eigenvalue weighted by Gasteiger charge is -2.30. The first kappa shape index (κ1) is 21.8. The molecule has 2 aliphatic heterocycles. The Hall–Kier alpha value is -2.42. The van der Waals surface area contributed by atoms with Gasteiger partial charge in [0.25, 0.3) is 0 Å². The lowest BCUT2D eigenvalue weighted by Crippen LogP contribution is -2.36. The Morgan fingerprint density at radius 1 is 1.16 bits per heavy atom. The van der Waals surface area contributed by atoms with Gasteiger partial charge in [-0.1, -0.05) is 0 Å². The number of benzene rings is 1. The number of nitrogens with zero attached hydrogens (tertiary/aromatic N) is 2. The molecule has 1 unspecified atom stereocenters. The highest BCUT2D eigenvalue weighted by Crippen LogP contribution is 2.34. The monoisotopic (exact) mass is 431 g/mol. The van der Waals surface area contributed by atoms with Gasteiger partial charge in [0.15, 0.2) is 6.29 Å². The zero-order valence-electron chi connectivity index (χ0n) is 17.9. The maximum atomic E-state index is 13.8. The molecule has 2 saturated heterocycles. The summed E-state index contributed by atoms with van der Waals surface area (Å²) in [5.41, 5.74) is 9.34. The fraction of sp³-hybridized carbons (Fsp3) is 0.522. The molecule has 0 saturated carbocycles. The van der Waals surface area contributed by atoms with Gasteiger partial charge < -0.3 is 29.6 Å². The molecule has 1 aromatic carbocycles. The van der Waals surface area contributed by atoms with Gasteiger partial charge in [0.1, 0.15) is 18.1 Å². The number of aromatic nitrogens is 1. The summed E-state index contributed by atoms with van der Waals surface area (Å²) in [6, 6.07) is 5.13. The number of halogens is 1. The van der Waals surface area contributed by atoms with Crippen molar-refractivity contribution in [3.8, 4) is 17.0 Å². The molecule has 0 radical (unpaired) electrons. The summed E-state index contributed by atoms with van der Waals surface area (Å²) in [7, 11) is 0. The van der Waals surface area contributed by atoms with Gasteiger partial charge in [0, 0.05) is 31.5 Å². The van der Waals surface area contributed by atoms with E-state index < -0.39 is 5.82 Å². The molecule has 8 heteroatoms. The maximum Gasteiger partial charge on any atom is 0.237 e. The predicted octanol–water partition coefficient (Wildman–Crippen LogP) is 3.54. The van der Waals surface area contributed by atoms with Crippen LogP contribution < -0.4 is 15.4 Å². The Labute approximate surface area is 182 Å². The standard InChI is InChI=1S/C23H30FN3O4/c1-16-12-19(24)20(25)14-18(16)17-13-21(27-5-8-28-9-6-27)23(26-15-17)31-11-10-30-22-4-2-3-7-29-22/h12-15,22H,2-11,25H2,1H3. The van der Waals surface area contributed by atoms with Crippen LogP contribution in [0.4, 0.5) is 15.8 Å². The number of nitrogen functional groups attached to an aromatic ring is 1. The molecule has 0 bridgehead atoms. The van der Waals surface area contributed by atoms with Gasteiger partial charge in [-0.2, -0.15) is 0 Å². The van der Waals surface area contributed by atoms with Crippen molar-refractivity contribution in [2.45, 2.75) is 32.5 Å². The predicted molar refractivity (Wildman–Crippen MR) is 117 cm³/mol. The van der Waals surface area contributed by atoms with E-state index in [1.165, 1.54) is 6.07 Å². The van der Waals surface area contributed by atoms with Crippen LogP contribution in [0.15, 0.2) is 24.4 Å². The number of anilines is 2. The molecule has 168 valence electrons. The van der Waals surface area contributed by atoms with Crippen LogP contribution in [-0.2, 0) is 14.2 Å². The Kier molecular flexibility index (Phi) is 7.21. The van der Waals surface area contributed by atoms with E-state index in [0.717, 1.165) is 61.3 Å². The van der Waals surface area contributed by atoms with Gasteiger partial charge in [-0.15, -0.1) is 0 Å². The second-order valence-electron chi connectivity index (χ2n) is 7.85. The van der Waals surface area contributed by atoms with Crippen LogP contribution in [0.25, 0.3) is 11.1 Å². The molecule has 2 fully saturated rings. The normalized spacial score (nSPS) is 19.4. The summed E-state index contributed by atoms with van der Waals surface area (Å²) in [6.45, 7) is 6.22. The first-order valence-electron chi connectivity index (χ1n) is 10.9. The van der Waals surface area contributed by atoms with Crippen molar-refractivity contribution in [2.75, 3.05) is 56.8 Å². The summed E-state index contributed by atoms with van der Waals surface area (Å²) >= 11 is 0. The Balaban J connectivity index is 1.51. The zero-order chi connectivity index (χ0) is 21.6. The second kappa shape index (κ2) is 10.3. The number of ether oxygens (including phenoxy) is 4. The Morgan fingerprint density at radius 2 is 2.00 bits per heavy atom. The van der Waals surface area contributed by atoms with Gasteiger partial charge in [-0.3, -0.25) is 0 Å². The smallest absolute Gasteiger partial charge is 0.237 e. The van der Waals surface area contributed by atoms with Crippen molar-refractivity contribution in [1.29, 1.82) is 0 Å². The first-order valence-corrected chi connectivity index (χ1v) is 10.9. The Morgan fingerprint density at radius 3 is 2.77 bits per heavy atom. The second-order valence-corrected chi connectivity index (χ2v) is 7.85. The van der Waals surface area contributed by atoms with Gasteiger partial charge in [0.05, 0.1) is 25.5 Å². The van der Waals surface area contributed by atoms with Crippen molar-refractivity contribution in [3.63, 3.8) is 0 Å². The third-order valence-electron chi connectivity index (χ3n) is 5.60. The summed E-state index contributed by atoms with van der Waals surface area (Å²) in [4.78, 5) is 6.78. The van der Waals surface area contributed by atoms with Crippen molar-refractivity contribution in [1.82, 2.24) is 4.98 Å². The zero-order valence-corrected chi connectivity index (χ0v) is 17.9. The summed E-state index contributed by atoms with van der Waals surface area (Å²) in [6.07, 6.45) is 4.74. The number of aryl methyl sites for hydroxylation is 1. The molecule has 0 spiro atoms. The van der Waals surface area contributed by atoms with Crippen LogP contribution in [0.2, 0.25) is 0 Å². The van der Waals surface area contributed by atoms with E-state index in [2.05, 4.69) is 9.88 Å². The van der Waals surface area contributed by atoms with Crippen LogP contribution in [0.1, 0.15) is 24.8 Å². The quantitative estimate of drug-likeness (QED) is 0.531. The van der Waals surface area contributed by atoms with E-state index in [9.17, 15) is 4.39 Å². The molecule has 2 N–H and O–H groups in total. The number of hydrogen-bond acceptors (Lipinski definition) is 7. The van der Waals surface area contributed by atoms with Gasteiger partial charge in [0.2, 0.25) is 5.88 Å². The molecule has 2 aromatic rings. The maximum absolute atomic E-state index is 13.8. The molecule has 4 rings (SSSR count). The van der Waals surface area contributed by atoms with Crippen molar-refractivity contribution >= 4 is 11.4 Å². The van der Waals surface area contributed by atoms with Crippen LogP contribution in [0.3, 0.4) is 0 Å². The van der Waals surface area contributed by atoms with Gasteiger partial charge in [-0.05, 0) is 55.5 Å². The molecule has 3 heterocycles. The minimum absolute atomic E-state index is 0.121. The number of hydrogen-bond donors (Lipinski definition) is 1. The highest BCUT2D eigenvalue weighted by molar-refractivity contribution is 5.75. The number of pyridine rings is 1. The third-order valence-corrected chi connectivity index (χ3v) is 5.60. The lowest BCUT2D eigenvalue weighted by atomic mass is 10.0.